The molecule has 0 aliphatic heterocycles. The van der Waals surface area contributed by atoms with Gasteiger partial charge in [0.1, 0.15) is 11.9 Å². The van der Waals surface area contributed by atoms with Crippen LogP contribution in [0.15, 0.2) is 60.8 Å². The summed E-state index contributed by atoms with van der Waals surface area (Å²) >= 11 is 11.8. The summed E-state index contributed by atoms with van der Waals surface area (Å²) in [5, 5.41) is 18.3. The molecule has 0 radical (unpaired) electrons. The van der Waals surface area contributed by atoms with E-state index in [0.717, 1.165) is 0 Å². The molecule has 0 saturated carbocycles. The fourth-order valence-corrected chi connectivity index (χ4v) is 3.21. The van der Waals surface area contributed by atoms with Gasteiger partial charge in [-0.25, -0.2) is 4.98 Å². The Morgan fingerprint density at radius 3 is 2.32 bits per heavy atom. The molecular weight excluding hydrogens is 437 g/mol. The molecule has 156 valence electrons. The number of hydrogen-bond acceptors (Lipinski definition) is 5. The van der Waals surface area contributed by atoms with E-state index >= 15 is 0 Å². The fourth-order valence-electron chi connectivity index (χ4n) is 2.69. The highest BCUT2D eigenvalue weighted by Crippen LogP contribution is 2.20. The van der Waals surface area contributed by atoms with E-state index < -0.39 is 0 Å². The van der Waals surface area contributed by atoms with Crippen LogP contribution in [0.1, 0.15) is 26.3 Å². The van der Waals surface area contributed by atoms with E-state index in [1.165, 1.54) is 12.1 Å². The van der Waals surface area contributed by atoms with Gasteiger partial charge in [-0.15, -0.1) is 0 Å². The maximum absolute atomic E-state index is 12.3. The number of aromatic nitrogens is 1. The Kier molecular flexibility index (Phi) is 7.44. The van der Waals surface area contributed by atoms with E-state index in [-0.39, 0.29) is 11.8 Å². The fraction of sp³-hybridized carbons (Fsp3) is 0.0909. The lowest BCUT2D eigenvalue weighted by Gasteiger charge is -2.09. The zero-order chi connectivity index (χ0) is 22.2. The number of nitriles is 1. The third-order valence-electron chi connectivity index (χ3n) is 4.16. The highest BCUT2D eigenvalue weighted by Gasteiger charge is 2.10. The summed E-state index contributed by atoms with van der Waals surface area (Å²) in [6, 6.07) is 16.4. The van der Waals surface area contributed by atoms with Gasteiger partial charge in [-0.2, -0.15) is 5.26 Å². The predicted molar refractivity (Wildman–Crippen MR) is 121 cm³/mol. The van der Waals surface area contributed by atoms with Gasteiger partial charge in [-0.05, 0) is 54.6 Å². The van der Waals surface area contributed by atoms with Crippen LogP contribution in [-0.2, 0) is 0 Å². The van der Waals surface area contributed by atoms with Crippen molar-refractivity contribution >= 4 is 46.5 Å². The predicted octanol–water partition coefficient (Wildman–Crippen LogP) is 4.35. The summed E-state index contributed by atoms with van der Waals surface area (Å²) in [6.45, 7) is 0.752. The second kappa shape index (κ2) is 10.4. The minimum atomic E-state index is -0.362. The molecule has 3 N–H and O–H groups in total. The lowest BCUT2D eigenvalue weighted by molar-refractivity contribution is 0.0954. The van der Waals surface area contributed by atoms with Crippen molar-refractivity contribution < 1.29 is 9.59 Å². The zero-order valence-corrected chi connectivity index (χ0v) is 17.7. The van der Waals surface area contributed by atoms with Gasteiger partial charge < -0.3 is 16.0 Å². The number of halogens is 2. The van der Waals surface area contributed by atoms with Crippen molar-refractivity contribution in [2.24, 2.45) is 0 Å². The zero-order valence-electron chi connectivity index (χ0n) is 16.2. The van der Waals surface area contributed by atoms with E-state index in [1.807, 2.05) is 0 Å². The Morgan fingerprint density at radius 2 is 1.65 bits per heavy atom. The molecule has 0 unspecified atom stereocenters. The van der Waals surface area contributed by atoms with Crippen LogP contribution in [0.4, 0.5) is 11.5 Å². The maximum Gasteiger partial charge on any atom is 0.255 e. The van der Waals surface area contributed by atoms with Crippen LogP contribution in [0.5, 0.6) is 0 Å². The molecule has 1 aromatic heterocycles. The number of carbonyl (C=O) groups excluding carboxylic acids is 2. The number of pyridine rings is 1. The minimum Gasteiger partial charge on any atom is -0.367 e. The lowest BCUT2D eigenvalue weighted by atomic mass is 10.1. The van der Waals surface area contributed by atoms with Crippen LogP contribution in [-0.4, -0.2) is 29.9 Å². The third kappa shape index (κ3) is 6.19. The van der Waals surface area contributed by atoms with Gasteiger partial charge in [0.15, 0.2) is 0 Å². The first kappa shape index (κ1) is 22.1. The van der Waals surface area contributed by atoms with Crippen LogP contribution in [0.25, 0.3) is 0 Å². The van der Waals surface area contributed by atoms with E-state index in [0.29, 0.717) is 51.3 Å². The number of anilines is 2. The normalized spacial score (nSPS) is 10.1. The molecule has 0 bridgehead atoms. The van der Waals surface area contributed by atoms with Crippen molar-refractivity contribution in [1.82, 2.24) is 10.3 Å². The average molecular weight is 454 g/mol. The van der Waals surface area contributed by atoms with Crippen molar-refractivity contribution in [3.05, 3.63) is 87.5 Å². The molecule has 2 amide bonds. The number of nitrogens with one attached hydrogen (secondary N) is 3. The number of benzene rings is 2. The first-order valence-electron chi connectivity index (χ1n) is 9.21. The summed E-state index contributed by atoms with van der Waals surface area (Å²) in [5.41, 5.74) is 1.74. The summed E-state index contributed by atoms with van der Waals surface area (Å²) in [5.74, 6) is -0.151. The molecule has 2 aromatic carbocycles. The highest BCUT2D eigenvalue weighted by atomic mass is 35.5. The van der Waals surface area contributed by atoms with Crippen LogP contribution < -0.4 is 16.0 Å². The standard InChI is InChI=1S/C22H17Cl2N5O2/c23-17-10-16(11-18(24)12-17)22(31)29-19-5-3-14(4-6-19)21(30)28-9-8-27-20-15(13-25)2-1-7-26-20/h1-7,10-12H,8-9H2,(H,26,27)(H,28,30)(H,29,31). The summed E-state index contributed by atoms with van der Waals surface area (Å²) < 4.78 is 0. The molecule has 3 aromatic rings. The topological polar surface area (TPSA) is 107 Å². The lowest BCUT2D eigenvalue weighted by Crippen LogP contribution is -2.29. The molecule has 9 heteroatoms. The number of amides is 2. The van der Waals surface area contributed by atoms with Gasteiger partial charge in [0.25, 0.3) is 11.8 Å². The third-order valence-corrected chi connectivity index (χ3v) is 4.60. The van der Waals surface area contributed by atoms with Gasteiger partial charge in [-0.1, -0.05) is 23.2 Å². The molecule has 0 aliphatic rings. The number of nitrogens with zero attached hydrogens (tertiary/aromatic N) is 2. The Balaban J connectivity index is 1.50. The van der Waals surface area contributed by atoms with E-state index in [9.17, 15) is 9.59 Å². The summed E-state index contributed by atoms with van der Waals surface area (Å²) in [7, 11) is 0. The van der Waals surface area contributed by atoms with E-state index in [4.69, 9.17) is 28.5 Å². The van der Waals surface area contributed by atoms with Crippen LogP contribution in [0.2, 0.25) is 10.0 Å². The summed E-state index contributed by atoms with van der Waals surface area (Å²) in [6.07, 6.45) is 1.59. The number of carbonyl (C=O) groups is 2. The smallest absolute Gasteiger partial charge is 0.255 e. The first-order chi connectivity index (χ1) is 15.0. The van der Waals surface area contributed by atoms with Crippen molar-refractivity contribution in [1.29, 1.82) is 5.26 Å². The molecule has 7 nitrogen and oxygen atoms in total. The maximum atomic E-state index is 12.3. The van der Waals surface area contributed by atoms with Gasteiger partial charge in [0, 0.05) is 46.1 Å². The van der Waals surface area contributed by atoms with Crippen LogP contribution >= 0.6 is 23.2 Å². The Bertz CT molecular complexity index is 1120. The second-order valence-electron chi connectivity index (χ2n) is 6.38. The van der Waals surface area contributed by atoms with E-state index in [1.54, 1.807) is 48.7 Å². The van der Waals surface area contributed by atoms with Gasteiger partial charge in [-0.3, -0.25) is 9.59 Å². The van der Waals surface area contributed by atoms with Gasteiger partial charge in [0.2, 0.25) is 0 Å². The van der Waals surface area contributed by atoms with Gasteiger partial charge >= 0.3 is 0 Å². The molecule has 1 heterocycles. The van der Waals surface area contributed by atoms with Crippen molar-refractivity contribution in [3.8, 4) is 6.07 Å². The van der Waals surface area contributed by atoms with Crippen LogP contribution in [0.3, 0.4) is 0 Å². The van der Waals surface area contributed by atoms with E-state index in [2.05, 4.69) is 27.0 Å². The largest absolute Gasteiger partial charge is 0.367 e. The second-order valence-corrected chi connectivity index (χ2v) is 7.26. The molecule has 0 aliphatic carbocycles. The molecule has 0 spiro atoms. The molecular formula is C22H17Cl2N5O2. The van der Waals surface area contributed by atoms with Crippen molar-refractivity contribution in [2.75, 3.05) is 23.7 Å². The SMILES string of the molecule is N#Cc1cccnc1NCCNC(=O)c1ccc(NC(=O)c2cc(Cl)cc(Cl)c2)cc1. The monoisotopic (exact) mass is 453 g/mol. The molecule has 0 atom stereocenters. The number of hydrogen-bond donors (Lipinski definition) is 3. The highest BCUT2D eigenvalue weighted by molar-refractivity contribution is 6.35. The van der Waals surface area contributed by atoms with Crippen molar-refractivity contribution in [2.45, 2.75) is 0 Å². The van der Waals surface area contributed by atoms with Gasteiger partial charge in [0.05, 0.1) is 5.56 Å². The van der Waals surface area contributed by atoms with Crippen LogP contribution in [0, 0.1) is 11.3 Å². The summed E-state index contributed by atoms with van der Waals surface area (Å²) in [4.78, 5) is 28.7. The Morgan fingerprint density at radius 1 is 0.935 bits per heavy atom. The average Bonchev–Trinajstić information content (AvgIpc) is 2.76. The molecule has 31 heavy (non-hydrogen) atoms. The Hall–Kier alpha value is -3.60. The first-order valence-corrected chi connectivity index (χ1v) is 9.96. The van der Waals surface area contributed by atoms with Crippen molar-refractivity contribution in [3.63, 3.8) is 0 Å². The molecule has 0 fully saturated rings. The molecule has 0 saturated heterocycles. The Labute approximate surface area is 189 Å². The quantitative estimate of drug-likeness (QED) is 0.460. The number of rotatable bonds is 7. The molecule has 3 rings (SSSR count). The minimum absolute atomic E-state index is 0.261.